The molecule has 1 saturated heterocycles. The first-order valence-electron chi connectivity index (χ1n) is 12.9. The highest BCUT2D eigenvalue weighted by Crippen LogP contribution is 2.34. The fourth-order valence-electron chi connectivity index (χ4n) is 4.86. The van der Waals surface area contributed by atoms with E-state index in [1.165, 1.54) is 27.0 Å². The van der Waals surface area contributed by atoms with Crippen LogP contribution in [0.3, 0.4) is 0 Å². The molecule has 0 bridgehead atoms. The molecular weight excluding hydrogens is 729 g/mol. The van der Waals surface area contributed by atoms with Gasteiger partial charge in [-0.2, -0.15) is 4.31 Å². The molecule has 4 aromatic rings. The quantitative estimate of drug-likeness (QED) is 0.220. The predicted octanol–water partition coefficient (Wildman–Crippen LogP) is -1.21. The molecule has 0 saturated carbocycles. The van der Waals surface area contributed by atoms with E-state index < -0.39 is 16.1 Å². The summed E-state index contributed by atoms with van der Waals surface area (Å²) in [4.78, 5) is 37.8. The Morgan fingerprint density at radius 1 is 1.16 bits per heavy atom. The molecule has 43 heavy (non-hydrogen) atoms. The molecule has 1 unspecified atom stereocenters. The minimum absolute atomic E-state index is 0. The monoisotopic (exact) mass is 752 g/mol. The Labute approximate surface area is 272 Å². The number of hydrogen-bond donors (Lipinski definition) is 2. The zero-order chi connectivity index (χ0) is 29.4. The number of nitrogens with zero attached hydrogens (tertiary/aromatic N) is 7. The lowest BCUT2D eigenvalue weighted by Gasteiger charge is -2.39. The standard InChI is InChI=1S/C26H24ClN9O4S2.HI/c1-15-8-21-22(12-28-15)41-25(30-21)26(38)36-7-6-35(14-19(36)11-24(37)29-13-23-31-33-34-32-23)42(39,40)20-5-3-16-9-18(27)4-2-17(16)10-20;/h2-5,8-10,12,19H,6-7,11,13-14H2,1H3,(H,29,37)(H,31,32,33,34);1H/q+1;/p-1. The summed E-state index contributed by atoms with van der Waals surface area (Å²) in [7, 11) is -3.94. The number of aryl methyl sites for hydroxylation is 1. The lowest BCUT2D eigenvalue weighted by molar-refractivity contribution is -0.130. The molecule has 17 heteroatoms. The number of carbonyl (C=O) groups excluding carboxylic acids is 2. The summed E-state index contributed by atoms with van der Waals surface area (Å²) in [6, 6.07) is 11.1. The maximum atomic E-state index is 13.8. The van der Waals surface area contributed by atoms with Crippen molar-refractivity contribution in [2.45, 2.75) is 35.7 Å². The summed E-state index contributed by atoms with van der Waals surface area (Å²) in [6.45, 7) is 1.96. The number of rotatable bonds is 7. The Bertz CT molecular complexity index is 1840. The number of carbonyl (C=O) groups is 2. The van der Waals surface area contributed by atoms with E-state index in [0.29, 0.717) is 16.5 Å². The third-order valence-corrected chi connectivity index (χ3v) is 10.1. The number of aromatic nitrogens is 5. The maximum absolute atomic E-state index is 13.8. The van der Waals surface area contributed by atoms with Gasteiger partial charge in [-0.25, -0.2) is 13.5 Å². The van der Waals surface area contributed by atoms with Gasteiger partial charge < -0.3 is 34.2 Å². The molecule has 13 nitrogen and oxygen atoms in total. The number of amides is 2. The number of aliphatic imine (C=N–C) groups is 1. The average molecular weight is 753 g/mol. The van der Waals surface area contributed by atoms with Crippen LogP contribution in [0.5, 0.6) is 0 Å². The molecule has 2 aliphatic rings. The van der Waals surface area contributed by atoms with Crippen LogP contribution in [0.25, 0.3) is 10.8 Å². The van der Waals surface area contributed by atoms with Gasteiger partial charge in [0.2, 0.25) is 15.9 Å². The number of tetrazole rings is 1. The van der Waals surface area contributed by atoms with E-state index in [1.807, 2.05) is 6.92 Å². The lowest BCUT2D eigenvalue weighted by atomic mass is 10.1. The fourth-order valence-corrected chi connectivity index (χ4v) is 7.42. The molecule has 2 aromatic heterocycles. The first kappa shape index (κ1) is 31.2. The fraction of sp³-hybridized carbons (Fsp3) is 0.269. The highest BCUT2D eigenvalue weighted by molar-refractivity contribution is 8.16. The van der Waals surface area contributed by atoms with Gasteiger partial charge in [0.1, 0.15) is 4.90 Å². The summed E-state index contributed by atoms with van der Waals surface area (Å²) >= 11 is 7.29. The van der Waals surface area contributed by atoms with Crippen LogP contribution >= 0.6 is 23.4 Å². The first-order valence-corrected chi connectivity index (χ1v) is 15.5. The molecule has 4 heterocycles. The van der Waals surface area contributed by atoms with E-state index in [4.69, 9.17) is 11.6 Å². The molecule has 1 atom stereocenters. The van der Waals surface area contributed by atoms with Crippen LogP contribution in [-0.4, -0.2) is 85.8 Å². The van der Waals surface area contributed by atoms with Crippen LogP contribution in [0.4, 0.5) is 5.69 Å². The SMILES string of the molecule is Cc1cc2c(cn1)SC(C(=O)N1CCN(S(=O)(=O)c3ccc4cc(Cl)ccc4c3)CC1CC(=O)NCc1nnn[nH]1)=[N+]2.[I-]. The van der Waals surface area contributed by atoms with Crippen molar-refractivity contribution in [2.75, 3.05) is 19.6 Å². The number of benzene rings is 2. The van der Waals surface area contributed by atoms with E-state index in [2.05, 4.69) is 35.9 Å². The topological polar surface area (TPSA) is 168 Å². The number of hydrogen-bond acceptors (Lipinski definition) is 10. The second-order valence-electron chi connectivity index (χ2n) is 9.81. The highest BCUT2D eigenvalue weighted by atomic mass is 127. The van der Waals surface area contributed by atoms with Crippen LogP contribution in [0, 0.1) is 6.92 Å². The number of thioether (sulfide) groups is 1. The van der Waals surface area contributed by atoms with Crippen molar-refractivity contribution >= 4 is 66.7 Å². The Kier molecular flexibility index (Phi) is 9.31. The van der Waals surface area contributed by atoms with Crippen LogP contribution in [0.15, 0.2) is 58.5 Å². The Morgan fingerprint density at radius 3 is 2.74 bits per heavy atom. The van der Waals surface area contributed by atoms with E-state index in [1.54, 1.807) is 42.6 Å². The number of nitrogens with one attached hydrogen (secondary N) is 2. The van der Waals surface area contributed by atoms with Crippen LogP contribution < -0.4 is 34.3 Å². The van der Waals surface area contributed by atoms with Gasteiger partial charge in [0.25, 0.3) is 5.69 Å². The van der Waals surface area contributed by atoms with Crippen molar-refractivity contribution in [3.05, 3.63) is 65.2 Å². The second-order valence-corrected chi connectivity index (χ2v) is 13.2. The first-order chi connectivity index (χ1) is 20.2. The maximum Gasteiger partial charge on any atom is 0.381 e. The van der Waals surface area contributed by atoms with E-state index in [0.717, 1.165) is 21.4 Å². The van der Waals surface area contributed by atoms with Crippen LogP contribution in [0.2, 0.25) is 5.02 Å². The van der Waals surface area contributed by atoms with E-state index >= 15 is 0 Å². The molecule has 0 aliphatic carbocycles. The number of fused-ring (bicyclic) bond motifs is 2. The van der Waals surface area contributed by atoms with Gasteiger partial charge in [-0.15, -0.1) is 5.10 Å². The third kappa shape index (κ3) is 6.67. The Hall–Kier alpha value is -3.19. The smallest absolute Gasteiger partial charge is 0.381 e. The predicted molar refractivity (Wildman–Crippen MR) is 155 cm³/mol. The van der Waals surface area contributed by atoms with E-state index in [9.17, 15) is 18.0 Å². The van der Waals surface area contributed by atoms with Crippen LogP contribution in [0.1, 0.15) is 17.9 Å². The lowest BCUT2D eigenvalue weighted by Crippen LogP contribution is -3.00. The highest BCUT2D eigenvalue weighted by Gasteiger charge is 2.44. The Morgan fingerprint density at radius 2 is 1.95 bits per heavy atom. The third-order valence-electron chi connectivity index (χ3n) is 6.98. The number of piperazine rings is 1. The van der Waals surface area contributed by atoms with Gasteiger partial charge in [-0.1, -0.05) is 23.7 Å². The Balaban J connectivity index is 0.00000368. The number of H-pyrrole nitrogens is 1. The molecule has 223 valence electrons. The summed E-state index contributed by atoms with van der Waals surface area (Å²) in [5.41, 5.74) is 1.43. The van der Waals surface area contributed by atoms with Gasteiger partial charge in [-0.3, -0.25) is 14.6 Å². The van der Waals surface area contributed by atoms with Crippen molar-refractivity contribution in [2.24, 2.45) is 0 Å². The number of pyridine rings is 1. The summed E-state index contributed by atoms with van der Waals surface area (Å²) in [5.74, 6) is -0.397. The average Bonchev–Trinajstić information content (AvgIpc) is 3.65. The zero-order valence-electron chi connectivity index (χ0n) is 22.6. The van der Waals surface area contributed by atoms with Gasteiger partial charge in [-0.05, 0) is 52.4 Å². The largest absolute Gasteiger partial charge is 1.00 e. The zero-order valence-corrected chi connectivity index (χ0v) is 27.1. The van der Waals surface area contributed by atoms with E-state index in [-0.39, 0.29) is 78.3 Å². The van der Waals surface area contributed by atoms with Crippen molar-refractivity contribution in [1.82, 2.24) is 45.1 Å². The van der Waals surface area contributed by atoms with Crippen LogP contribution in [-0.2, 0) is 26.2 Å². The van der Waals surface area contributed by atoms with Gasteiger partial charge >= 0.3 is 11.0 Å². The van der Waals surface area contributed by atoms with Gasteiger partial charge in [0.05, 0.1) is 22.5 Å². The molecule has 2 amide bonds. The number of aromatic amines is 1. The molecule has 0 spiro atoms. The number of sulfonamides is 1. The summed E-state index contributed by atoms with van der Waals surface area (Å²) in [6.07, 6.45) is 1.53. The van der Waals surface area contributed by atoms with Gasteiger partial charge in [0, 0.05) is 60.8 Å². The van der Waals surface area contributed by atoms with Crippen molar-refractivity contribution in [1.29, 1.82) is 0 Å². The van der Waals surface area contributed by atoms with Crippen molar-refractivity contribution in [3.8, 4) is 0 Å². The van der Waals surface area contributed by atoms with Gasteiger partial charge in [0.15, 0.2) is 5.82 Å². The molecule has 2 N–H and O–H groups in total. The molecular formula is C26H24ClIN9O4S2. The van der Waals surface area contributed by atoms with Crippen molar-refractivity contribution in [3.63, 3.8) is 0 Å². The molecule has 2 aromatic carbocycles. The summed E-state index contributed by atoms with van der Waals surface area (Å²) < 4.78 is 28.8. The molecule has 6 rings (SSSR count). The molecule has 2 aliphatic heterocycles. The second kappa shape index (κ2) is 12.8. The normalized spacial score (nSPS) is 16.8. The molecule has 1 radical (unpaired) electrons. The molecule has 1 fully saturated rings. The summed E-state index contributed by atoms with van der Waals surface area (Å²) in [5, 5.41) is 18.3. The minimum Gasteiger partial charge on any atom is -1.00 e. The number of halogens is 2. The van der Waals surface area contributed by atoms with Crippen molar-refractivity contribution < 1.29 is 42.0 Å². The minimum atomic E-state index is -3.94.